The Kier molecular flexibility index (Phi) is 9.26. The summed E-state index contributed by atoms with van der Waals surface area (Å²) < 4.78 is 0. The summed E-state index contributed by atoms with van der Waals surface area (Å²) in [6, 6.07) is 15.9. The maximum absolute atomic E-state index is 13.9. The third kappa shape index (κ3) is 6.55. The monoisotopic (exact) mass is 638 g/mol. The van der Waals surface area contributed by atoms with Gasteiger partial charge in [0.05, 0.1) is 39.2 Å². The van der Waals surface area contributed by atoms with E-state index in [4.69, 9.17) is 0 Å². The summed E-state index contributed by atoms with van der Waals surface area (Å²) in [6.07, 6.45) is 0. The highest BCUT2D eigenvalue weighted by Crippen LogP contribution is 2.31. The van der Waals surface area contributed by atoms with Crippen LogP contribution in [-0.2, 0) is 4.79 Å². The molecule has 4 amide bonds. The molecule has 16 nitrogen and oxygen atoms in total. The molecule has 0 atom stereocenters. The smallest absolute Gasteiger partial charge is 0.289 e. The number of non-ortho nitro benzene ring substituents is 1. The molecule has 0 bridgehead atoms. The Labute approximate surface area is 263 Å². The predicted octanol–water partition coefficient (Wildman–Crippen LogP) is 1.91. The van der Waals surface area contributed by atoms with Crippen molar-refractivity contribution in [2.45, 2.75) is 6.92 Å². The second-order valence-corrected chi connectivity index (χ2v) is 9.50. The molecule has 236 valence electrons. The van der Waals surface area contributed by atoms with Crippen LogP contribution in [0.4, 0.5) is 22.7 Å². The first-order valence-electron chi connectivity index (χ1n) is 13.1. The lowest BCUT2D eigenvalue weighted by atomic mass is 10.0. The van der Waals surface area contributed by atoms with Crippen molar-refractivity contribution in [3.05, 3.63) is 139 Å². The summed E-state index contributed by atoms with van der Waals surface area (Å²) in [5.74, 6) is -8.07. The summed E-state index contributed by atoms with van der Waals surface area (Å²) in [5, 5.41) is 46.4. The van der Waals surface area contributed by atoms with Crippen molar-refractivity contribution in [1.82, 2.24) is 0 Å². The van der Waals surface area contributed by atoms with Crippen LogP contribution in [0.5, 0.6) is 0 Å². The number of hydrogen-bond donors (Lipinski definition) is 0. The van der Waals surface area contributed by atoms with Gasteiger partial charge in [-0.3, -0.25) is 39.4 Å². The minimum absolute atomic E-state index is 0.157. The fraction of sp³-hybridized carbons (Fsp3) is 0.0323. The van der Waals surface area contributed by atoms with Crippen molar-refractivity contribution >= 4 is 58.3 Å². The molecular formula is C31H18N4O12-2. The number of carboxylic acids is 2. The molecule has 4 aromatic carbocycles. The lowest BCUT2D eigenvalue weighted by Gasteiger charge is -2.24. The van der Waals surface area contributed by atoms with Crippen LogP contribution in [0.2, 0.25) is 0 Å². The van der Waals surface area contributed by atoms with Crippen molar-refractivity contribution in [3.8, 4) is 0 Å². The van der Waals surface area contributed by atoms with Crippen LogP contribution in [0.15, 0.2) is 91.0 Å². The molecule has 0 unspecified atom stereocenters. The van der Waals surface area contributed by atoms with Gasteiger partial charge in [-0.1, -0.05) is 36.4 Å². The van der Waals surface area contributed by atoms with Gasteiger partial charge in [0.25, 0.3) is 29.1 Å². The molecule has 16 heteroatoms. The van der Waals surface area contributed by atoms with E-state index in [2.05, 4.69) is 0 Å². The van der Waals surface area contributed by atoms with E-state index in [-0.39, 0.29) is 16.9 Å². The van der Waals surface area contributed by atoms with E-state index in [0.29, 0.717) is 15.9 Å². The SMILES string of the molecule is CC(=O)N(C(=O)c1ccccc1C(=O)[O-])c1ccc(N(C(=O)c2ccccc2C(=O)[O-])C(=O)c2ccc([N+](=O)[O-])cc2[N+](=O)[O-])cc1. The number of hydrogen-bond acceptors (Lipinski definition) is 12. The Hall–Kier alpha value is -7.10. The highest BCUT2D eigenvalue weighted by atomic mass is 16.6. The first kappa shape index (κ1) is 32.8. The van der Waals surface area contributed by atoms with E-state index in [1.54, 1.807) is 0 Å². The highest BCUT2D eigenvalue weighted by Gasteiger charge is 2.34. The van der Waals surface area contributed by atoms with Gasteiger partial charge in [0.1, 0.15) is 5.56 Å². The number of benzene rings is 4. The molecule has 0 N–H and O–H groups in total. The Morgan fingerprint density at radius 2 is 0.936 bits per heavy atom. The molecule has 0 aliphatic heterocycles. The quantitative estimate of drug-likeness (QED) is 0.145. The van der Waals surface area contributed by atoms with E-state index < -0.39 is 79.0 Å². The maximum atomic E-state index is 13.9. The zero-order chi connectivity index (χ0) is 34.6. The van der Waals surface area contributed by atoms with Crippen molar-refractivity contribution in [2.24, 2.45) is 0 Å². The normalized spacial score (nSPS) is 10.4. The van der Waals surface area contributed by atoms with E-state index in [0.717, 1.165) is 67.6 Å². The zero-order valence-corrected chi connectivity index (χ0v) is 23.8. The van der Waals surface area contributed by atoms with Crippen LogP contribution in [0.3, 0.4) is 0 Å². The first-order valence-corrected chi connectivity index (χ1v) is 13.1. The molecule has 0 saturated heterocycles. The molecule has 47 heavy (non-hydrogen) atoms. The fourth-order valence-corrected chi connectivity index (χ4v) is 4.54. The minimum atomic E-state index is -1.79. The zero-order valence-electron chi connectivity index (χ0n) is 23.8. The van der Waals surface area contributed by atoms with E-state index in [9.17, 15) is 59.2 Å². The average Bonchev–Trinajstić information content (AvgIpc) is 3.04. The summed E-state index contributed by atoms with van der Waals surface area (Å²) in [7, 11) is 0. The van der Waals surface area contributed by atoms with Gasteiger partial charge in [0.2, 0.25) is 5.91 Å². The number of nitrogens with zero attached hydrogens (tertiary/aromatic N) is 4. The molecule has 0 heterocycles. The van der Waals surface area contributed by atoms with Gasteiger partial charge < -0.3 is 19.8 Å². The summed E-state index contributed by atoms with van der Waals surface area (Å²) >= 11 is 0. The maximum Gasteiger partial charge on any atom is 0.289 e. The van der Waals surface area contributed by atoms with Gasteiger partial charge >= 0.3 is 0 Å². The number of anilines is 2. The van der Waals surface area contributed by atoms with Crippen molar-refractivity contribution in [2.75, 3.05) is 9.80 Å². The highest BCUT2D eigenvalue weighted by molar-refractivity contribution is 6.28. The number of aromatic carboxylic acids is 2. The van der Waals surface area contributed by atoms with Gasteiger partial charge in [0, 0.05) is 35.2 Å². The summed E-state index contributed by atoms with van der Waals surface area (Å²) in [4.78, 5) is 98.9. The molecule has 4 aromatic rings. The Morgan fingerprint density at radius 3 is 1.34 bits per heavy atom. The third-order valence-electron chi connectivity index (χ3n) is 6.66. The van der Waals surface area contributed by atoms with E-state index in [1.807, 2.05) is 0 Å². The van der Waals surface area contributed by atoms with Crippen LogP contribution in [0.25, 0.3) is 0 Å². The van der Waals surface area contributed by atoms with Gasteiger partial charge in [-0.05, 0) is 42.5 Å². The van der Waals surface area contributed by atoms with E-state index in [1.165, 1.54) is 24.3 Å². The standard InChI is InChI=1S/C31H20N4O12/c1-17(36)32(27(37)21-6-2-4-8-23(21)30(40)41)18-10-12-19(13-11-18)33(28(38)22-7-3-5-9-24(22)31(42)43)29(39)25-15-14-20(34(44)45)16-26(25)35(46)47/h2-16H,1H3,(H,40,41)(H,42,43)/p-2. The van der Waals surface area contributed by atoms with Crippen LogP contribution in [0.1, 0.15) is 58.7 Å². The molecule has 0 aromatic heterocycles. The topological polar surface area (TPSA) is 241 Å². The number of nitro groups is 2. The molecular weight excluding hydrogens is 620 g/mol. The van der Waals surface area contributed by atoms with Crippen LogP contribution < -0.4 is 20.0 Å². The van der Waals surface area contributed by atoms with Gasteiger partial charge in [-0.2, -0.15) is 0 Å². The van der Waals surface area contributed by atoms with Crippen LogP contribution in [-0.4, -0.2) is 45.4 Å². The van der Waals surface area contributed by atoms with E-state index >= 15 is 0 Å². The van der Waals surface area contributed by atoms with Crippen molar-refractivity contribution in [1.29, 1.82) is 0 Å². The molecule has 0 spiro atoms. The number of carboxylic acid groups (broad SMARTS) is 2. The second kappa shape index (κ2) is 13.3. The Balaban J connectivity index is 1.87. The minimum Gasteiger partial charge on any atom is -0.545 e. The van der Waals surface area contributed by atoms with Crippen molar-refractivity contribution in [3.63, 3.8) is 0 Å². The number of carbonyl (C=O) groups is 6. The Bertz CT molecular complexity index is 2010. The number of amides is 4. The van der Waals surface area contributed by atoms with Gasteiger partial charge in [-0.25, -0.2) is 9.80 Å². The molecule has 4 rings (SSSR count). The predicted molar refractivity (Wildman–Crippen MR) is 156 cm³/mol. The lowest BCUT2D eigenvalue weighted by Crippen LogP contribution is -2.39. The van der Waals surface area contributed by atoms with Crippen molar-refractivity contribution < 1.29 is 48.8 Å². The fourth-order valence-electron chi connectivity index (χ4n) is 4.54. The van der Waals surface area contributed by atoms with Crippen LogP contribution >= 0.6 is 0 Å². The number of imide groups is 2. The Morgan fingerprint density at radius 1 is 0.532 bits per heavy atom. The number of rotatable bonds is 9. The molecule has 0 fully saturated rings. The molecule has 0 aliphatic carbocycles. The lowest BCUT2D eigenvalue weighted by molar-refractivity contribution is -0.394. The molecule has 0 saturated carbocycles. The average molecular weight is 639 g/mol. The first-order chi connectivity index (χ1) is 22.2. The number of carbonyl (C=O) groups excluding carboxylic acids is 6. The second-order valence-electron chi connectivity index (χ2n) is 9.50. The summed E-state index contributed by atoms with van der Waals surface area (Å²) in [6.45, 7) is 1.01. The van der Waals surface area contributed by atoms with Gasteiger partial charge in [-0.15, -0.1) is 0 Å². The summed E-state index contributed by atoms with van der Waals surface area (Å²) in [5.41, 5.74) is -5.12. The van der Waals surface area contributed by atoms with Crippen LogP contribution in [0, 0.1) is 20.2 Å². The molecule has 0 aliphatic rings. The largest absolute Gasteiger partial charge is 0.545 e. The van der Waals surface area contributed by atoms with Gasteiger partial charge in [0.15, 0.2) is 0 Å². The molecule has 0 radical (unpaired) electrons. The third-order valence-corrected chi connectivity index (χ3v) is 6.66. The number of nitro benzene ring substituents is 2.